The second-order valence-electron chi connectivity index (χ2n) is 8.02. The van der Waals surface area contributed by atoms with Crippen molar-refractivity contribution in [2.75, 3.05) is 52.7 Å². The third-order valence-corrected chi connectivity index (χ3v) is 4.88. The molecule has 6 heteroatoms. The lowest BCUT2D eigenvalue weighted by Crippen LogP contribution is -2.33. The quantitative estimate of drug-likeness (QED) is 0.678. The van der Waals surface area contributed by atoms with Gasteiger partial charge in [0, 0.05) is 39.9 Å². The Morgan fingerprint density at radius 1 is 1.11 bits per heavy atom. The minimum atomic E-state index is 0.0429. The monoisotopic (exact) mass is 373 g/mol. The molecule has 2 heterocycles. The van der Waals surface area contributed by atoms with Crippen LogP contribution in [0.15, 0.2) is 18.3 Å². The van der Waals surface area contributed by atoms with Crippen LogP contribution in [0.3, 0.4) is 0 Å². The molecule has 0 aliphatic heterocycles. The molecule has 27 heavy (non-hydrogen) atoms. The van der Waals surface area contributed by atoms with Gasteiger partial charge in [-0.2, -0.15) is 0 Å². The summed E-state index contributed by atoms with van der Waals surface area (Å²) in [6.07, 6.45) is 3.94. The van der Waals surface area contributed by atoms with Gasteiger partial charge in [0.25, 0.3) is 5.91 Å². The van der Waals surface area contributed by atoms with E-state index in [4.69, 9.17) is 4.98 Å². The molecule has 0 spiro atoms. The summed E-state index contributed by atoms with van der Waals surface area (Å²) in [7, 11) is 8.00. The number of hydrogen-bond donors (Lipinski definition) is 0. The third-order valence-electron chi connectivity index (χ3n) is 4.88. The van der Waals surface area contributed by atoms with Crippen molar-refractivity contribution in [3.63, 3.8) is 0 Å². The van der Waals surface area contributed by atoms with Gasteiger partial charge in [0.1, 0.15) is 11.5 Å². The Hall–Kier alpha value is -2.08. The standard InChI is InChI=1S/C21H35N5O/c1-8-18-20(24(6)12-11-16(2)3)26-15-17(9-10-19(26)22-18)21(27)25(7)14-13-23(4)5/h9-10,15-16H,8,11-14H2,1-7H3. The van der Waals surface area contributed by atoms with Gasteiger partial charge in [0.05, 0.1) is 11.3 Å². The van der Waals surface area contributed by atoms with E-state index in [1.165, 1.54) is 0 Å². The van der Waals surface area contributed by atoms with Gasteiger partial charge in [0.15, 0.2) is 0 Å². The van der Waals surface area contributed by atoms with Crippen LogP contribution in [0.4, 0.5) is 5.82 Å². The Morgan fingerprint density at radius 2 is 1.81 bits per heavy atom. The summed E-state index contributed by atoms with van der Waals surface area (Å²) in [5.41, 5.74) is 2.67. The SMILES string of the molecule is CCc1nc2ccc(C(=O)N(C)CCN(C)C)cn2c1N(C)CCC(C)C. The van der Waals surface area contributed by atoms with Crippen molar-refractivity contribution in [2.45, 2.75) is 33.6 Å². The first-order chi connectivity index (χ1) is 12.7. The largest absolute Gasteiger partial charge is 0.359 e. The predicted octanol–water partition coefficient (Wildman–Crippen LogP) is 3.01. The molecule has 0 bridgehead atoms. The molecule has 1 amide bonds. The van der Waals surface area contributed by atoms with Crippen LogP contribution in [0.25, 0.3) is 5.65 Å². The van der Waals surface area contributed by atoms with E-state index in [1.54, 1.807) is 4.90 Å². The number of pyridine rings is 1. The van der Waals surface area contributed by atoms with E-state index in [9.17, 15) is 4.79 Å². The van der Waals surface area contributed by atoms with Crippen molar-refractivity contribution in [1.29, 1.82) is 0 Å². The fraction of sp³-hybridized carbons (Fsp3) is 0.619. The Bertz CT molecular complexity index is 765. The fourth-order valence-corrected chi connectivity index (χ4v) is 3.08. The molecule has 0 fully saturated rings. The predicted molar refractivity (Wildman–Crippen MR) is 113 cm³/mol. The lowest BCUT2D eigenvalue weighted by molar-refractivity contribution is 0.0786. The number of carbonyl (C=O) groups is 1. The number of carbonyl (C=O) groups excluding carboxylic acids is 1. The van der Waals surface area contributed by atoms with Gasteiger partial charge in [-0.05, 0) is 45.0 Å². The van der Waals surface area contributed by atoms with Crippen molar-refractivity contribution < 1.29 is 4.79 Å². The first-order valence-corrected chi connectivity index (χ1v) is 9.86. The average molecular weight is 374 g/mol. The van der Waals surface area contributed by atoms with Crippen molar-refractivity contribution >= 4 is 17.4 Å². The maximum absolute atomic E-state index is 12.8. The number of nitrogens with zero attached hydrogens (tertiary/aromatic N) is 5. The minimum Gasteiger partial charge on any atom is -0.359 e. The molecular formula is C21H35N5O. The van der Waals surface area contributed by atoms with Gasteiger partial charge < -0.3 is 14.7 Å². The molecule has 6 nitrogen and oxygen atoms in total. The second kappa shape index (κ2) is 9.22. The smallest absolute Gasteiger partial charge is 0.255 e. The van der Waals surface area contributed by atoms with E-state index in [-0.39, 0.29) is 5.91 Å². The zero-order valence-electron chi connectivity index (χ0n) is 18.0. The van der Waals surface area contributed by atoms with E-state index in [0.717, 1.165) is 43.1 Å². The van der Waals surface area contributed by atoms with E-state index < -0.39 is 0 Å². The molecule has 2 rings (SSSR count). The number of anilines is 1. The molecule has 0 unspecified atom stereocenters. The third kappa shape index (κ3) is 5.22. The molecule has 0 aromatic carbocycles. The van der Waals surface area contributed by atoms with Crippen LogP contribution in [0.5, 0.6) is 0 Å². The number of amides is 1. The van der Waals surface area contributed by atoms with Crippen LogP contribution in [-0.4, -0.2) is 72.9 Å². The molecule has 150 valence electrons. The maximum Gasteiger partial charge on any atom is 0.255 e. The Morgan fingerprint density at radius 3 is 2.41 bits per heavy atom. The first-order valence-electron chi connectivity index (χ1n) is 9.86. The fourth-order valence-electron chi connectivity index (χ4n) is 3.08. The summed E-state index contributed by atoms with van der Waals surface area (Å²) in [5.74, 6) is 1.79. The van der Waals surface area contributed by atoms with Crippen LogP contribution in [-0.2, 0) is 6.42 Å². The highest BCUT2D eigenvalue weighted by atomic mass is 16.2. The van der Waals surface area contributed by atoms with Crippen LogP contribution in [0, 0.1) is 5.92 Å². The van der Waals surface area contributed by atoms with Gasteiger partial charge in [-0.1, -0.05) is 20.8 Å². The highest BCUT2D eigenvalue weighted by Gasteiger charge is 2.18. The normalized spacial score (nSPS) is 11.6. The van der Waals surface area contributed by atoms with Crippen LogP contribution >= 0.6 is 0 Å². The lowest BCUT2D eigenvalue weighted by Gasteiger charge is -2.22. The number of aryl methyl sites for hydroxylation is 1. The summed E-state index contributed by atoms with van der Waals surface area (Å²) in [4.78, 5) is 23.7. The molecule has 0 atom stereocenters. The highest BCUT2D eigenvalue weighted by molar-refractivity contribution is 5.94. The zero-order chi connectivity index (χ0) is 20.1. The number of fused-ring (bicyclic) bond motifs is 1. The zero-order valence-corrected chi connectivity index (χ0v) is 18.0. The number of imidazole rings is 1. The maximum atomic E-state index is 12.8. The van der Waals surface area contributed by atoms with Crippen molar-refractivity contribution in [3.05, 3.63) is 29.6 Å². The summed E-state index contributed by atoms with van der Waals surface area (Å²) in [5, 5.41) is 0. The van der Waals surface area contributed by atoms with Crippen molar-refractivity contribution in [2.24, 2.45) is 5.92 Å². The Kier molecular flexibility index (Phi) is 7.25. The molecule has 0 aliphatic carbocycles. The minimum absolute atomic E-state index is 0.0429. The number of likely N-dealkylation sites (N-methyl/N-ethyl adjacent to an activating group) is 2. The summed E-state index contributed by atoms with van der Waals surface area (Å²) < 4.78 is 2.08. The van der Waals surface area contributed by atoms with E-state index in [1.807, 2.05) is 39.5 Å². The summed E-state index contributed by atoms with van der Waals surface area (Å²) in [6, 6.07) is 3.83. The second-order valence-corrected chi connectivity index (χ2v) is 8.02. The molecule has 2 aromatic rings. The van der Waals surface area contributed by atoms with Crippen molar-refractivity contribution in [3.8, 4) is 0 Å². The van der Waals surface area contributed by atoms with Crippen LogP contribution < -0.4 is 4.90 Å². The lowest BCUT2D eigenvalue weighted by atomic mass is 10.1. The average Bonchev–Trinajstić information content (AvgIpc) is 3.01. The number of hydrogen-bond acceptors (Lipinski definition) is 4. The Labute approximate surface area is 163 Å². The van der Waals surface area contributed by atoms with Gasteiger partial charge in [0.2, 0.25) is 0 Å². The van der Waals surface area contributed by atoms with Crippen LogP contribution in [0.2, 0.25) is 0 Å². The van der Waals surface area contributed by atoms with Gasteiger partial charge >= 0.3 is 0 Å². The summed E-state index contributed by atoms with van der Waals surface area (Å²) >= 11 is 0. The molecule has 0 saturated heterocycles. The van der Waals surface area contributed by atoms with E-state index in [2.05, 4.69) is 42.0 Å². The van der Waals surface area contributed by atoms with Gasteiger partial charge in [-0.15, -0.1) is 0 Å². The Balaban J connectivity index is 2.34. The number of rotatable bonds is 9. The molecule has 0 aliphatic rings. The van der Waals surface area contributed by atoms with E-state index >= 15 is 0 Å². The van der Waals surface area contributed by atoms with Gasteiger partial charge in [-0.3, -0.25) is 9.20 Å². The summed E-state index contributed by atoms with van der Waals surface area (Å²) in [6.45, 7) is 9.13. The molecular weight excluding hydrogens is 338 g/mol. The molecule has 0 saturated carbocycles. The molecule has 2 aromatic heterocycles. The molecule has 0 radical (unpaired) electrons. The van der Waals surface area contributed by atoms with Gasteiger partial charge in [-0.25, -0.2) is 4.98 Å². The van der Waals surface area contributed by atoms with Crippen LogP contribution in [0.1, 0.15) is 43.2 Å². The topological polar surface area (TPSA) is 44.1 Å². The number of aromatic nitrogens is 2. The highest BCUT2D eigenvalue weighted by Crippen LogP contribution is 2.24. The molecule has 0 N–H and O–H groups in total. The van der Waals surface area contributed by atoms with E-state index in [0.29, 0.717) is 18.0 Å². The first kappa shape index (κ1) is 21.2. The van der Waals surface area contributed by atoms with Crippen molar-refractivity contribution in [1.82, 2.24) is 19.2 Å².